The lowest BCUT2D eigenvalue weighted by molar-refractivity contribution is -0.125. The largest absolute Gasteiger partial charge is 0.357 e. The smallest absolute Gasteiger partial charge is 0.255 e. The lowest BCUT2D eigenvalue weighted by Gasteiger charge is -2.27. The molecular weight excluding hydrogens is 310 g/mol. The van der Waals surface area contributed by atoms with Gasteiger partial charge in [0, 0.05) is 32.6 Å². The first kappa shape index (κ1) is 19.5. The molecule has 0 saturated carbocycles. The first-order valence-electron chi connectivity index (χ1n) is 7.65. The highest BCUT2D eigenvalue weighted by Gasteiger charge is 2.28. The van der Waals surface area contributed by atoms with E-state index in [0.717, 1.165) is 0 Å². The van der Waals surface area contributed by atoms with Crippen molar-refractivity contribution in [2.45, 2.75) is 25.4 Å². The second kappa shape index (κ2) is 9.57. The van der Waals surface area contributed by atoms with E-state index in [1.165, 1.54) is 19.0 Å². The average Bonchev–Trinajstić information content (AvgIpc) is 2.60. The van der Waals surface area contributed by atoms with Gasteiger partial charge in [0.15, 0.2) is 6.29 Å². The van der Waals surface area contributed by atoms with Gasteiger partial charge in [-0.25, -0.2) is 0 Å². The van der Waals surface area contributed by atoms with E-state index in [1.54, 1.807) is 25.2 Å². The molecule has 0 aliphatic rings. The molecule has 0 radical (unpaired) electrons. The van der Waals surface area contributed by atoms with Gasteiger partial charge in [-0.2, -0.15) is 0 Å². The molecule has 0 aliphatic carbocycles. The van der Waals surface area contributed by atoms with Crippen LogP contribution < -0.4 is 10.6 Å². The fourth-order valence-electron chi connectivity index (χ4n) is 2.53. The third kappa shape index (κ3) is 4.48. The van der Waals surface area contributed by atoms with Gasteiger partial charge in [-0.15, -0.1) is 0 Å². The van der Waals surface area contributed by atoms with Crippen LogP contribution in [0.3, 0.4) is 0 Å². The SMILES string of the molecule is CNCc1cccc(C=O)c1C(=O)N(C)C(CCC=O)C(=O)NC. The number of hydrogen-bond acceptors (Lipinski definition) is 5. The summed E-state index contributed by atoms with van der Waals surface area (Å²) in [6.45, 7) is 0.412. The minimum Gasteiger partial charge on any atom is -0.357 e. The summed E-state index contributed by atoms with van der Waals surface area (Å²) in [6, 6.07) is 4.24. The van der Waals surface area contributed by atoms with Gasteiger partial charge in [0.2, 0.25) is 5.91 Å². The molecule has 0 bridgehead atoms. The van der Waals surface area contributed by atoms with Crippen molar-refractivity contribution >= 4 is 24.4 Å². The van der Waals surface area contributed by atoms with Crippen LogP contribution in [-0.2, 0) is 16.1 Å². The zero-order valence-corrected chi connectivity index (χ0v) is 14.2. The highest BCUT2D eigenvalue weighted by atomic mass is 16.2. The highest BCUT2D eigenvalue weighted by molar-refractivity contribution is 6.04. The molecule has 1 rings (SSSR count). The Balaban J connectivity index is 3.24. The van der Waals surface area contributed by atoms with Gasteiger partial charge in [-0.05, 0) is 19.0 Å². The Morgan fingerprint density at radius 3 is 2.50 bits per heavy atom. The second-order valence-electron chi connectivity index (χ2n) is 5.32. The summed E-state index contributed by atoms with van der Waals surface area (Å²) in [5, 5.41) is 5.45. The van der Waals surface area contributed by atoms with Crippen molar-refractivity contribution in [1.29, 1.82) is 0 Å². The molecule has 1 aromatic rings. The maximum Gasteiger partial charge on any atom is 0.255 e. The maximum atomic E-state index is 12.9. The maximum absolute atomic E-state index is 12.9. The van der Waals surface area contributed by atoms with Gasteiger partial charge in [0.25, 0.3) is 5.91 Å². The predicted molar refractivity (Wildman–Crippen MR) is 89.8 cm³/mol. The molecule has 0 spiro atoms. The molecule has 0 aliphatic heterocycles. The zero-order chi connectivity index (χ0) is 18.1. The fourth-order valence-corrected chi connectivity index (χ4v) is 2.53. The van der Waals surface area contributed by atoms with E-state index in [4.69, 9.17) is 0 Å². The molecule has 24 heavy (non-hydrogen) atoms. The minimum atomic E-state index is -0.783. The molecule has 0 fully saturated rings. The van der Waals surface area contributed by atoms with Crippen LogP contribution in [0.25, 0.3) is 0 Å². The Bertz CT molecular complexity index is 616. The first-order valence-corrected chi connectivity index (χ1v) is 7.65. The quantitative estimate of drug-likeness (QED) is 0.637. The molecular formula is C17H23N3O4. The van der Waals surface area contributed by atoms with E-state index >= 15 is 0 Å². The van der Waals surface area contributed by atoms with Crippen molar-refractivity contribution < 1.29 is 19.2 Å². The van der Waals surface area contributed by atoms with Crippen LogP contribution in [0.2, 0.25) is 0 Å². The first-order chi connectivity index (χ1) is 11.5. The molecule has 7 nitrogen and oxygen atoms in total. The van der Waals surface area contributed by atoms with Crippen LogP contribution in [-0.4, -0.2) is 56.5 Å². The summed E-state index contributed by atoms with van der Waals surface area (Å²) in [5.41, 5.74) is 1.21. The number of rotatable bonds is 9. The lowest BCUT2D eigenvalue weighted by Crippen LogP contribution is -2.47. The summed E-state index contributed by atoms with van der Waals surface area (Å²) in [7, 11) is 4.71. The highest BCUT2D eigenvalue weighted by Crippen LogP contribution is 2.18. The predicted octanol–water partition coefficient (Wildman–Crippen LogP) is 0.384. The topological polar surface area (TPSA) is 95.6 Å². The van der Waals surface area contributed by atoms with Crippen LogP contribution in [0, 0.1) is 0 Å². The Morgan fingerprint density at radius 2 is 1.96 bits per heavy atom. The van der Waals surface area contributed by atoms with E-state index < -0.39 is 11.9 Å². The molecule has 0 heterocycles. The number of nitrogens with zero attached hydrogens (tertiary/aromatic N) is 1. The number of benzene rings is 1. The third-order valence-corrected chi connectivity index (χ3v) is 3.79. The summed E-state index contributed by atoms with van der Waals surface area (Å²) in [6.07, 6.45) is 1.71. The zero-order valence-electron chi connectivity index (χ0n) is 14.2. The van der Waals surface area contributed by atoms with Crippen molar-refractivity contribution in [3.63, 3.8) is 0 Å². The summed E-state index contributed by atoms with van der Waals surface area (Å²) < 4.78 is 0. The van der Waals surface area contributed by atoms with Crippen LogP contribution in [0.5, 0.6) is 0 Å². The number of likely N-dealkylation sites (N-methyl/N-ethyl adjacent to an activating group) is 2. The van der Waals surface area contributed by atoms with E-state index in [2.05, 4.69) is 10.6 Å². The molecule has 0 saturated heterocycles. The summed E-state index contributed by atoms with van der Waals surface area (Å²) in [5.74, 6) is -0.783. The molecule has 2 N–H and O–H groups in total. The monoisotopic (exact) mass is 333 g/mol. The Hall–Kier alpha value is -2.54. The molecule has 1 atom stereocenters. The Kier molecular flexibility index (Phi) is 7.77. The molecule has 7 heteroatoms. The summed E-state index contributed by atoms with van der Waals surface area (Å²) >= 11 is 0. The number of nitrogens with one attached hydrogen (secondary N) is 2. The van der Waals surface area contributed by atoms with Gasteiger partial charge >= 0.3 is 0 Å². The van der Waals surface area contributed by atoms with E-state index in [9.17, 15) is 19.2 Å². The van der Waals surface area contributed by atoms with E-state index in [-0.39, 0.29) is 29.9 Å². The van der Waals surface area contributed by atoms with Crippen LogP contribution in [0.15, 0.2) is 18.2 Å². The number of carbonyl (C=O) groups excluding carboxylic acids is 4. The van der Waals surface area contributed by atoms with Gasteiger partial charge in [0.1, 0.15) is 12.3 Å². The van der Waals surface area contributed by atoms with Gasteiger partial charge in [-0.1, -0.05) is 18.2 Å². The van der Waals surface area contributed by atoms with Crippen molar-refractivity contribution in [2.75, 3.05) is 21.1 Å². The number of carbonyl (C=O) groups is 4. The molecule has 1 aromatic carbocycles. The molecule has 2 amide bonds. The van der Waals surface area contributed by atoms with Crippen molar-refractivity contribution in [3.05, 3.63) is 34.9 Å². The Morgan fingerprint density at radius 1 is 1.25 bits per heavy atom. The molecule has 1 unspecified atom stereocenters. The third-order valence-electron chi connectivity index (χ3n) is 3.79. The van der Waals surface area contributed by atoms with Crippen molar-refractivity contribution in [1.82, 2.24) is 15.5 Å². The number of hydrogen-bond donors (Lipinski definition) is 2. The normalized spacial score (nSPS) is 11.5. The molecule has 130 valence electrons. The Labute approximate surface area is 141 Å². The van der Waals surface area contributed by atoms with Gasteiger partial charge < -0.3 is 20.3 Å². The standard InChI is InChI=1S/C17H23N3O4/c1-18-10-12-6-4-7-13(11-22)15(12)17(24)20(3)14(8-5-9-21)16(23)19-2/h4,6-7,9,11,14,18H,5,8,10H2,1-3H3,(H,19,23). The van der Waals surface area contributed by atoms with E-state index in [0.29, 0.717) is 24.7 Å². The summed E-state index contributed by atoms with van der Waals surface area (Å²) in [4.78, 5) is 48.2. The minimum absolute atomic E-state index is 0.161. The number of amides is 2. The van der Waals surface area contributed by atoms with Gasteiger partial charge in [0.05, 0.1) is 5.56 Å². The van der Waals surface area contributed by atoms with E-state index in [1.807, 2.05) is 0 Å². The van der Waals surface area contributed by atoms with Crippen molar-refractivity contribution in [3.8, 4) is 0 Å². The second-order valence-corrected chi connectivity index (χ2v) is 5.32. The van der Waals surface area contributed by atoms with Gasteiger partial charge in [-0.3, -0.25) is 14.4 Å². The molecule has 0 aromatic heterocycles. The lowest BCUT2D eigenvalue weighted by atomic mass is 9.99. The van der Waals surface area contributed by atoms with Crippen LogP contribution in [0.4, 0.5) is 0 Å². The van der Waals surface area contributed by atoms with Crippen molar-refractivity contribution in [2.24, 2.45) is 0 Å². The number of aldehydes is 2. The van der Waals surface area contributed by atoms with Crippen LogP contribution >= 0.6 is 0 Å². The fraction of sp³-hybridized carbons (Fsp3) is 0.412. The van der Waals surface area contributed by atoms with Crippen LogP contribution in [0.1, 0.15) is 39.1 Å². The average molecular weight is 333 g/mol.